The standard InChI is InChI=1S/C12H15NO/c1-2-4-12-9(3-1)7-11(14-12)8-13-10-5-6-10/h1-4,10-11,13H,5-8H2/t11-/m0/s1. The van der Waals surface area contributed by atoms with Gasteiger partial charge in [-0.1, -0.05) is 18.2 Å². The monoisotopic (exact) mass is 189 g/mol. The van der Waals surface area contributed by atoms with Crippen LogP contribution < -0.4 is 10.1 Å². The van der Waals surface area contributed by atoms with Crippen molar-refractivity contribution in [2.75, 3.05) is 6.54 Å². The summed E-state index contributed by atoms with van der Waals surface area (Å²) in [6.07, 6.45) is 4.11. The molecule has 2 heteroatoms. The van der Waals surface area contributed by atoms with Crippen molar-refractivity contribution in [3.63, 3.8) is 0 Å². The molecule has 0 saturated heterocycles. The SMILES string of the molecule is c1ccc2c(c1)C[C@@H](CNC1CC1)O2. The molecule has 1 saturated carbocycles. The summed E-state index contributed by atoms with van der Waals surface area (Å²) in [7, 11) is 0. The molecule has 2 nitrogen and oxygen atoms in total. The first kappa shape index (κ1) is 8.30. The zero-order valence-corrected chi connectivity index (χ0v) is 8.20. The second kappa shape index (κ2) is 3.28. The first-order valence-corrected chi connectivity index (χ1v) is 5.40. The lowest BCUT2D eigenvalue weighted by Gasteiger charge is -2.10. The Kier molecular flexibility index (Phi) is 1.95. The maximum absolute atomic E-state index is 5.82. The van der Waals surface area contributed by atoms with Crippen LogP contribution in [0.1, 0.15) is 18.4 Å². The number of nitrogens with one attached hydrogen (secondary N) is 1. The fourth-order valence-electron chi connectivity index (χ4n) is 1.95. The highest BCUT2D eigenvalue weighted by atomic mass is 16.5. The third-order valence-electron chi connectivity index (χ3n) is 2.93. The molecule has 1 heterocycles. The summed E-state index contributed by atoms with van der Waals surface area (Å²) < 4.78 is 5.82. The first-order valence-electron chi connectivity index (χ1n) is 5.40. The van der Waals surface area contributed by atoms with E-state index >= 15 is 0 Å². The summed E-state index contributed by atoms with van der Waals surface area (Å²) >= 11 is 0. The van der Waals surface area contributed by atoms with Crippen molar-refractivity contribution in [1.82, 2.24) is 5.32 Å². The van der Waals surface area contributed by atoms with Gasteiger partial charge in [-0.3, -0.25) is 0 Å². The van der Waals surface area contributed by atoms with E-state index in [1.807, 2.05) is 6.07 Å². The van der Waals surface area contributed by atoms with Crippen molar-refractivity contribution in [2.45, 2.75) is 31.4 Å². The fraction of sp³-hybridized carbons (Fsp3) is 0.500. The minimum atomic E-state index is 0.355. The summed E-state index contributed by atoms with van der Waals surface area (Å²) in [5, 5.41) is 3.51. The number of benzene rings is 1. The predicted molar refractivity (Wildman–Crippen MR) is 55.6 cm³/mol. The van der Waals surface area contributed by atoms with Crippen LogP contribution in [-0.4, -0.2) is 18.7 Å². The summed E-state index contributed by atoms with van der Waals surface area (Å²) in [4.78, 5) is 0. The van der Waals surface area contributed by atoms with Crippen molar-refractivity contribution in [3.8, 4) is 5.75 Å². The molecule has 1 atom stereocenters. The van der Waals surface area contributed by atoms with Crippen molar-refractivity contribution in [3.05, 3.63) is 29.8 Å². The molecule has 1 aromatic rings. The molecular weight excluding hydrogens is 174 g/mol. The summed E-state index contributed by atoms with van der Waals surface area (Å²) in [5.74, 6) is 1.08. The highest BCUT2D eigenvalue weighted by Gasteiger charge is 2.26. The minimum Gasteiger partial charge on any atom is -0.488 e. The predicted octanol–water partition coefficient (Wildman–Crippen LogP) is 1.74. The van der Waals surface area contributed by atoms with Crippen LogP contribution in [0.5, 0.6) is 5.75 Å². The van der Waals surface area contributed by atoms with Crippen LogP contribution >= 0.6 is 0 Å². The second-order valence-electron chi connectivity index (χ2n) is 4.23. The van der Waals surface area contributed by atoms with Crippen LogP contribution in [0.2, 0.25) is 0 Å². The molecule has 74 valence electrons. The normalized spacial score (nSPS) is 24.4. The molecule has 0 spiro atoms. The van der Waals surface area contributed by atoms with Gasteiger partial charge in [-0.15, -0.1) is 0 Å². The molecule has 14 heavy (non-hydrogen) atoms. The van der Waals surface area contributed by atoms with Crippen molar-refractivity contribution in [2.24, 2.45) is 0 Å². The number of hydrogen-bond acceptors (Lipinski definition) is 2. The summed E-state index contributed by atoms with van der Waals surface area (Å²) in [6, 6.07) is 9.12. The molecule has 3 rings (SSSR count). The van der Waals surface area contributed by atoms with Gasteiger partial charge in [-0.2, -0.15) is 0 Å². The third-order valence-corrected chi connectivity index (χ3v) is 2.93. The fourth-order valence-corrected chi connectivity index (χ4v) is 1.95. The van der Waals surface area contributed by atoms with Gasteiger partial charge in [-0.05, 0) is 24.5 Å². The number of ether oxygens (including phenoxy) is 1. The molecule has 1 aromatic carbocycles. The number of fused-ring (bicyclic) bond motifs is 1. The average molecular weight is 189 g/mol. The smallest absolute Gasteiger partial charge is 0.123 e. The van der Waals surface area contributed by atoms with Gasteiger partial charge in [-0.25, -0.2) is 0 Å². The molecule has 1 fully saturated rings. The summed E-state index contributed by atoms with van der Waals surface area (Å²) in [6.45, 7) is 0.999. The van der Waals surface area contributed by atoms with Crippen LogP contribution in [0.3, 0.4) is 0 Å². The zero-order chi connectivity index (χ0) is 9.38. The third kappa shape index (κ3) is 1.62. The van der Waals surface area contributed by atoms with E-state index in [4.69, 9.17) is 4.74 Å². The van der Waals surface area contributed by atoms with Crippen LogP contribution in [0.4, 0.5) is 0 Å². The lowest BCUT2D eigenvalue weighted by molar-refractivity contribution is 0.227. The van der Waals surface area contributed by atoms with Crippen molar-refractivity contribution >= 4 is 0 Å². The Hall–Kier alpha value is -1.02. The zero-order valence-electron chi connectivity index (χ0n) is 8.20. The Labute approximate surface area is 84.3 Å². The molecule has 0 bridgehead atoms. The largest absolute Gasteiger partial charge is 0.488 e. The van der Waals surface area contributed by atoms with E-state index in [2.05, 4.69) is 23.5 Å². The van der Waals surface area contributed by atoms with Gasteiger partial charge < -0.3 is 10.1 Å². The first-order chi connectivity index (χ1) is 6.92. The molecule has 1 N–H and O–H groups in total. The van der Waals surface area contributed by atoms with E-state index in [1.54, 1.807) is 0 Å². The van der Waals surface area contributed by atoms with Crippen LogP contribution in [0, 0.1) is 0 Å². The topological polar surface area (TPSA) is 21.3 Å². The van der Waals surface area contributed by atoms with Gasteiger partial charge in [0.2, 0.25) is 0 Å². The van der Waals surface area contributed by atoms with Gasteiger partial charge in [0.15, 0.2) is 0 Å². The highest BCUT2D eigenvalue weighted by molar-refractivity contribution is 5.37. The Bertz CT molecular complexity index is 308. The van der Waals surface area contributed by atoms with Gasteiger partial charge >= 0.3 is 0 Å². The van der Waals surface area contributed by atoms with Crippen molar-refractivity contribution < 1.29 is 4.74 Å². The molecule has 1 aliphatic heterocycles. The van der Waals surface area contributed by atoms with Crippen LogP contribution in [0.15, 0.2) is 24.3 Å². The number of hydrogen-bond donors (Lipinski definition) is 1. The van der Waals surface area contributed by atoms with Crippen molar-refractivity contribution in [1.29, 1.82) is 0 Å². The molecule has 0 radical (unpaired) electrons. The molecule has 0 amide bonds. The molecular formula is C12H15NO. The Balaban J connectivity index is 1.60. The van der Waals surface area contributed by atoms with E-state index in [0.29, 0.717) is 6.10 Å². The van der Waals surface area contributed by atoms with E-state index in [-0.39, 0.29) is 0 Å². The second-order valence-corrected chi connectivity index (χ2v) is 4.23. The van der Waals surface area contributed by atoms with E-state index in [9.17, 15) is 0 Å². The minimum absolute atomic E-state index is 0.355. The van der Waals surface area contributed by atoms with E-state index in [0.717, 1.165) is 24.8 Å². The molecule has 0 aromatic heterocycles. The molecule has 1 aliphatic carbocycles. The van der Waals surface area contributed by atoms with Gasteiger partial charge in [0.05, 0.1) is 0 Å². The van der Waals surface area contributed by atoms with E-state index < -0.39 is 0 Å². The Morgan fingerprint density at radius 1 is 1.29 bits per heavy atom. The highest BCUT2D eigenvalue weighted by Crippen LogP contribution is 2.28. The lowest BCUT2D eigenvalue weighted by atomic mass is 10.1. The molecule has 0 unspecified atom stereocenters. The number of para-hydroxylation sites is 1. The van der Waals surface area contributed by atoms with Crippen LogP contribution in [-0.2, 0) is 6.42 Å². The Morgan fingerprint density at radius 2 is 2.14 bits per heavy atom. The van der Waals surface area contributed by atoms with E-state index in [1.165, 1.54) is 18.4 Å². The van der Waals surface area contributed by atoms with Crippen LogP contribution in [0.25, 0.3) is 0 Å². The molecule has 2 aliphatic rings. The van der Waals surface area contributed by atoms with Gasteiger partial charge in [0, 0.05) is 19.0 Å². The average Bonchev–Trinajstić information content (AvgIpc) is 2.94. The quantitative estimate of drug-likeness (QED) is 0.782. The Morgan fingerprint density at radius 3 is 2.93 bits per heavy atom. The lowest BCUT2D eigenvalue weighted by Crippen LogP contribution is -2.31. The van der Waals surface area contributed by atoms with Gasteiger partial charge in [0.1, 0.15) is 11.9 Å². The maximum atomic E-state index is 5.82. The summed E-state index contributed by atoms with van der Waals surface area (Å²) in [5.41, 5.74) is 1.36. The maximum Gasteiger partial charge on any atom is 0.123 e. The van der Waals surface area contributed by atoms with Gasteiger partial charge in [0.25, 0.3) is 0 Å². The number of rotatable bonds is 3.